The Morgan fingerprint density at radius 2 is 2.31 bits per heavy atom. The Balaban J connectivity index is 1.41. The summed E-state index contributed by atoms with van der Waals surface area (Å²) in [7, 11) is 0. The number of hydrogen-bond acceptors (Lipinski definition) is 7. The summed E-state index contributed by atoms with van der Waals surface area (Å²) < 4.78 is 7.75. The van der Waals surface area contributed by atoms with Crippen molar-refractivity contribution in [2.45, 2.75) is 57.8 Å². The second kappa shape index (κ2) is 12.0. The lowest BCUT2D eigenvalue weighted by Crippen LogP contribution is -2.15. The predicted molar refractivity (Wildman–Crippen MR) is 145 cm³/mol. The first kappa shape index (κ1) is 26.3. The Labute approximate surface area is 224 Å². The van der Waals surface area contributed by atoms with Crippen molar-refractivity contribution in [3.05, 3.63) is 63.3 Å². The Morgan fingerprint density at radius 3 is 3.06 bits per heavy atom. The standard InChI is InChI=1S/C26H28ClN5O2S2/c1-4-10-32-23(14-34-21-11-16(3)6-9-20(21)27)30-31-26(32)35-15-24(33)29-25-19(13-28)18-8-7-17(5-2)12-22(18)36-25/h4,6,9,11,17H,1,5,7-8,10,12,14-15H2,2-3H3,(H,29,33). The van der Waals surface area contributed by atoms with Crippen LogP contribution in [-0.2, 0) is 30.8 Å². The molecule has 3 aromatic rings. The number of hydrogen-bond donors (Lipinski definition) is 1. The summed E-state index contributed by atoms with van der Waals surface area (Å²) in [5.74, 6) is 1.80. The average Bonchev–Trinajstić information content (AvgIpc) is 3.42. The minimum absolute atomic E-state index is 0.144. The van der Waals surface area contributed by atoms with Crippen LogP contribution in [0.1, 0.15) is 47.2 Å². The molecule has 2 heterocycles. The van der Waals surface area contributed by atoms with Gasteiger partial charge < -0.3 is 10.1 Å². The molecule has 188 valence electrons. The number of anilines is 1. The van der Waals surface area contributed by atoms with Crippen molar-refractivity contribution < 1.29 is 9.53 Å². The van der Waals surface area contributed by atoms with E-state index < -0.39 is 0 Å². The van der Waals surface area contributed by atoms with Crippen molar-refractivity contribution in [1.29, 1.82) is 5.26 Å². The molecule has 36 heavy (non-hydrogen) atoms. The highest BCUT2D eigenvalue weighted by Crippen LogP contribution is 2.40. The SMILES string of the molecule is C=CCn1c(COc2cc(C)ccc2Cl)nnc1SCC(=O)Nc1sc2c(c1C#N)CCC(CC)C2. The molecule has 1 amide bonds. The molecular formula is C26H28ClN5O2S2. The minimum Gasteiger partial charge on any atom is -0.484 e. The van der Waals surface area contributed by atoms with Crippen LogP contribution >= 0.6 is 34.7 Å². The first-order valence-corrected chi connectivity index (χ1v) is 14.0. The molecule has 7 nitrogen and oxygen atoms in total. The van der Waals surface area contributed by atoms with Gasteiger partial charge in [0.2, 0.25) is 5.91 Å². The van der Waals surface area contributed by atoms with Crippen LogP contribution in [0.15, 0.2) is 36.0 Å². The number of aromatic nitrogens is 3. The number of thioether (sulfide) groups is 1. The number of rotatable bonds is 10. The van der Waals surface area contributed by atoms with Crippen molar-refractivity contribution in [3.8, 4) is 11.8 Å². The monoisotopic (exact) mass is 541 g/mol. The smallest absolute Gasteiger partial charge is 0.235 e. The number of allylic oxidation sites excluding steroid dienone is 1. The molecule has 1 aliphatic rings. The second-order valence-electron chi connectivity index (χ2n) is 8.69. The molecule has 1 atom stereocenters. The fraction of sp³-hybridized carbons (Fsp3) is 0.385. The lowest BCUT2D eigenvalue weighted by Gasteiger charge is -2.20. The van der Waals surface area contributed by atoms with E-state index in [2.05, 4.69) is 35.1 Å². The quantitative estimate of drug-likeness (QED) is 0.243. The molecule has 0 saturated carbocycles. The first-order chi connectivity index (χ1) is 17.4. The van der Waals surface area contributed by atoms with Gasteiger partial charge in [-0.1, -0.05) is 48.8 Å². The van der Waals surface area contributed by atoms with E-state index in [4.69, 9.17) is 16.3 Å². The number of nitrogens with one attached hydrogen (secondary N) is 1. The van der Waals surface area contributed by atoms with E-state index in [1.807, 2.05) is 23.6 Å². The second-order valence-corrected chi connectivity index (χ2v) is 11.1. The molecule has 1 unspecified atom stereocenters. The Bertz CT molecular complexity index is 1310. The van der Waals surface area contributed by atoms with E-state index in [1.165, 1.54) is 16.6 Å². The zero-order valence-electron chi connectivity index (χ0n) is 20.3. The maximum atomic E-state index is 12.8. The molecule has 0 radical (unpaired) electrons. The molecule has 0 bridgehead atoms. The molecule has 2 aromatic heterocycles. The van der Waals surface area contributed by atoms with Crippen LogP contribution in [0.4, 0.5) is 5.00 Å². The highest BCUT2D eigenvalue weighted by atomic mass is 35.5. The molecule has 0 saturated heterocycles. The number of carbonyl (C=O) groups is 1. The number of nitriles is 1. The van der Waals surface area contributed by atoms with Crippen molar-refractivity contribution in [1.82, 2.24) is 14.8 Å². The van der Waals surface area contributed by atoms with Crippen molar-refractivity contribution >= 4 is 45.6 Å². The number of aryl methyl sites for hydroxylation is 1. The number of halogens is 1. The van der Waals surface area contributed by atoms with Gasteiger partial charge in [-0.3, -0.25) is 9.36 Å². The third-order valence-corrected chi connectivity index (χ3v) is 8.64. The molecule has 1 aliphatic carbocycles. The summed E-state index contributed by atoms with van der Waals surface area (Å²) in [5.41, 5.74) is 2.77. The summed E-state index contributed by atoms with van der Waals surface area (Å²) in [6.45, 7) is 8.65. The molecule has 0 spiro atoms. The Kier molecular flexibility index (Phi) is 8.72. The molecule has 0 aliphatic heterocycles. The maximum Gasteiger partial charge on any atom is 0.235 e. The van der Waals surface area contributed by atoms with Gasteiger partial charge in [0.15, 0.2) is 11.0 Å². The number of ether oxygens (including phenoxy) is 1. The van der Waals surface area contributed by atoms with E-state index >= 15 is 0 Å². The molecule has 1 N–H and O–H groups in total. The van der Waals surface area contributed by atoms with Crippen LogP contribution in [0.2, 0.25) is 5.02 Å². The van der Waals surface area contributed by atoms with Crippen LogP contribution in [0.3, 0.4) is 0 Å². The highest BCUT2D eigenvalue weighted by Gasteiger charge is 2.26. The third kappa shape index (κ3) is 5.94. The topological polar surface area (TPSA) is 92.8 Å². The van der Waals surface area contributed by atoms with Gasteiger partial charge in [0.1, 0.15) is 23.4 Å². The van der Waals surface area contributed by atoms with Crippen molar-refractivity contribution in [2.24, 2.45) is 5.92 Å². The number of fused-ring (bicyclic) bond motifs is 1. The summed E-state index contributed by atoms with van der Waals surface area (Å²) in [6, 6.07) is 7.89. The van der Waals surface area contributed by atoms with E-state index in [9.17, 15) is 10.1 Å². The van der Waals surface area contributed by atoms with Crippen LogP contribution < -0.4 is 10.1 Å². The summed E-state index contributed by atoms with van der Waals surface area (Å²) in [5, 5.41) is 23.0. The van der Waals surface area contributed by atoms with Gasteiger partial charge in [0.25, 0.3) is 0 Å². The number of benzene rings is 1. The summed E-state index contributed by atoms with van der Waals surface area (Å²) in [6.07, 6.45) is 5.86. The first-order valence-electron chi connectivity index (χ1n) is 11.8. The number of nitrogens with zero attached hydrogens (tertiary/aromatic N) is 4. The molecule has 4 rings (SSSR count). The lowest BCUT2D eigenvalue weighted by molar-refractivity contribution is -0.113. The number of thiophene rings is 1. The van der Waals surface area contributed by atoms with E-state index in [-0.39, 0.29) is 18.3 Å². The largest absolute Gasteiger partial charge is 0.484 e. The summed E-state index contributed by atoms with van der Waals surface area (Å²) >= 11 is 9.06. The average molecular weight is 542 g/mol. The van der Waals surface area contributed by atoms with E-state index in [1.54, 1.807) is 23.5 Å². The van der Waals surface area contributed by atoms with Gasteiger partial charge in [-0.15, -0.1) is 28.1 Å². The van der Waals surface area contributed by atoms with Gasteiger partial charge in [-0.2, -0.15) is 5.26 Å². The van der Waals surface area contributed by atoms with Crippen molar-refractivity contribution in [2.75, 3.05) is 11.1 Å². The van der Waals surface area contributed by atoms with Crippen molar-refractivity contribution in [3.63, 3.8) is 0 Å². The van der Waals surface area contributed by atoms with Gasteiger partial charge in [0, 0.05) is 11.4 Å². The number of carbonyl (C=O) groups excluding carboxylic acids is 1. The van der Waals surface area contributed by atoms with Crippen LogP contribution in [0.5, 0.6) is 5.75 Å². The van der Waals surface area contributed by atoms with Gasteiger partial charge >= 0.3 is 0 Å². The Morgan fingerprint density at radius 1 is 1.47 bits per heavy atom. The van der Waals surface area contributed by atoms with Crippen LogP contribution in [0, 0.1) is 24.2 Å². The minimum atomic E-state index is -0.181. The lowest BCUT2D eigenvalue weighted by atomic mass is 9.86. The van der Waals surface area contributed by atoms with E-state index in [0.717, 1.165) is 36.8 Å². The normalized spacial score (nSPS) is 14.7. The predicted octanol–water partition coefficient (Wildman–Crippen LogP) is 6.18. The highest BCUT2D eigenvalue weighted by molar-refractivity contribution is 7.99. The zero-order chi connectivity index (χ0) is 25.7. The van der Waals surface area contributed by atoms with Crippen LogP contribution in [-0.4, -0.2) is 26.4 Å². The van der Waals surface area contributed by atoms with Crippen LogP contribution in [0.25, 0.3) is 0 Å². The van der Waals surface area contributed by atoms with Gasteiger partial charge in [-0.25, -0.2) is 0 Å². The van der Waals surface area contributed by atoms with Gasteiger partial charge in [0.05, 0.1) is 16.3 Å². The Hall–Kier alpha value is -2.80. The van der Waals surface area contributed by atoms with E-state index in [0.29, 0.717) is 44.8 Å². The molecule has 0 fully saturated rings. The molecule has 10 heteroatoms. The number of amides is 1. The maximum absolute atomic E-state index is 12.8. The molecular weight excluding hydrogens is 514 g/mol. The molecule has 1 aromatic carbocycles. The fourth-order valence-electron chi connectivity index (χ4n) is 4.21. The zero-order valence-corrected chi connectivity index (χ0v) is 22.7. The van der Waals surface area contributed by atoms with Gasteiger partial charge in [-0.05, 0) is 55.4 Å². The summed E-state index contributed by atoms with van der Waals surface area (Å²) in [4.78, 5) is 14.0. The third-order valence-electron chi connectivity index (χ3n) is 6.19. The fourth-order valence-corrected chi connectivity index (χ4v) is 6.48.